The molecular formula is C12H9FN2O4. The van der Waals surface area contributed by atoms with E-state index < -0.39 is 16.4 Å². The molecule has 0 unspecified atom stereocenters. The number of nitro benzene ring substituents is 1. The largest absolute Gasteiger partial charge is 0.431 e. The Bertz CT molecular complexity index is 618. The SMILES string of the molecule is O=[N+]([O-])c1cc(F)ccc1Oc1ncccc1CO. The van der Waals surface area contributed by atoms with Crippen molar-refractivity contribution in [1.29, 1.82) is 0 Å². The second-order valence-electron chi connectivity index (χ2n) is 3.60. The number of hydrogen-bond acceptors (Lipinski definition) is 5. The molecule has 0 aliphatic rings. The summed E-state index contributed by atoms with van der Waals surface area (Å²) in [5, 5.41) is 19.9. The molecule has 19 heavy (non-hydrogen) atoms. The van der Waals surface area contributed by atoms with Gasteiger partial charge in [0, 0.05) is 11.8 Å². The van der Waals surface area contributed by atoms with Crippen LogP contribution < -0.4 is 4.74 Å². The predicted molar refractivity (Wildman–Crippen MR) is 63.3 cm³/mol. The van der Waals surface area contributed by atoms with E-state index in [0.29, 0.717) is 5.56 Å². The molecule has 0 amide bonds. The van der Waals surface area contributed by atoms with Gasteiger partial charge in [0.1, 0.15) is 5.82 Å². The number of aliphatic hydroxyl groups excluding tert-OH is 1. The average Bonchev–Trinajstić information content (AvgIpc) is 2.41. The van der Waals surface area contributed by atoms with Crippen molar-refractivity contribution in [3.63, 3.8) is 0 Å². The number of halogens is 1. The lowest BCUT2D eigenvalue weighted by molar-refractivity contribution is -0.385. The molecule has 0 fully saturated rings. The van der Waals surface area contributed by atoms with Crippen LogP contribution in [0.2, 0.25) is 0 Å². The van der Waals surface area contributed by atoms with E-state index in [9.17, 15) is 14.5 Å². The monoisotopic (exact) mass is 264 g/mol. The molecule has 0 atom stereocenters. The Morgan fingerprint density at radius 3 is 2.89 bits per heavy atom. The fraction of sp³-hybridized carbons (Fsp3) is 0.0833. The van der Waals surface area contributed by atoms with Crippen LogP contribution in [-0.4, -0.2) is 15.0 Å². The maximum absolute atomic E-state index is 13.0. The van der Waals surface area contributed by atoms with Crippen LogP contribution in [0.1, 0.15) is 5.56 Å². The minimum Gasteiger partial charge on any atom is -0.431 e. The lowest BCUT2D eigenvalue weighted by Crippen LogP contribution is -1.98. The highest BCUT2D eigenvalue weighted by atomic mass is 19.1. The summed E-state index contributed by atoms with van der Waals surface area (Å²) < 4.78 is 18.2. The minimum absolute atomic E-state index is 0.0414. The highest BCUT2D eigenvalue weighted by Crippen LogP contribution is 2.32. The van der Waals surface area contributed by atoms with E-state index in [4.69, 9.17) is 9.84 Å². The van der Waals surface area contributed by atoms with Gasteiger partial charge in [-0.3, -0.25) is 10.1 Å². The van der Waals surface area contributed by atoms with Crippen LogP contribution in [0.5, 0.6) is 11.6 Å². The first kappa shape index (κ1) is 12.9. The molecule has 0 radical (unpaired) electrons. The lowest BCUT2D eigenvalue weighted by atomic mass is 10.2. The Labute approximate surface area is 107 Å². The van der Waals surface area contributed by atoms with E-state index in [1.807, 2.05) is 0 Å². The van der Waals surface area contributed by atoms with Crippen molar-refractivity contribution in [3.05, 3.63) is 58.0 Å². The zero-order valence-electron chi connectivity index (χ0n) is 9.62. The van der Waals surface area contributed by atoms with Crippen LogP contribution in [0.4, 0.5) is 10.1 Å². The van der Waals surface area contributed by atoms with Crippen molar-refractivity contribution in [2.45, 2.75) is 6.61 Å². The molecule has 0 bridgehead atoms. The van der Waals surface area contributed by atoms with Gasteiger partial charge in [-0.15, -0.1) is 0 Å². The number of rotatable bonds is 4. The van der Waals surface area contributed by atoms with Crippen molar-refractivity contribution in [2.24, 2.45) is 0 Å². The van der Waals surface area contributed by atoms with Gasteiger partial charge in [-0.1, -0.05) is 0 Å². The Morgan fingerprint density at radius 2 is 2.21 bits per heavy atom. The Morgan fingerprint density at radius 1 is 1.42 bits per heavy atom. The standard InChI is InChI=1S/C12H9FN2O4/c13-9-3-4-11(10(6-9)15(17)18)19-12-8(7-16)2-1-5-14-12/h1-6,16H,7H2. The number of hydrogen-bond donors (Lipinski definition) is 1. The van der Waals surface area contributed by atoms with E-state index >= 15 is 0 Å². The Kier molecular flexibility index (Phi) is 3.67. The number of aromatic nitrogens is 1. The third kappa shape index (κ3) is 2.83. The molecule has 98 valence electrons. The van der Waals surface area contributed by atoms with Gasteiger partial charge in [0.05, 0.1) is 17.6 Å². The van der Waals surface area contributed by atoms with Crippen molar-refractivity contribution in [3.8, 4) is 11.6 Å². The summed E-state index contributed by atoms with van der Waals surface area (Å²) >= 11 is 0. The minimum atomic E-state index is -0.750. The third-order valence-electron chi connectivity index (χ3n) is 2.34. The summed E-state index contributed by atoms with van der Waals surface area (Å²) in [6.07, 6.45) is 1.42. The van der Waals surface area contributed by atoms with Crippen molar-refractivity contribution in [1.82, 2.24) is 4.98 Å². The summed E-state index contributed by atoms with van der Waals surface area (Å²) in [5.41, 5.74) is -0.129. The van der Waals surface area contributed by atoms with E-state index in [1.165, 1.54) is 6.20 Å². The summed E-state index contributed by atoms with van der Waals surface area (Å²) in [5.74, 6) is -0.832. The zero-order chi connectivity index (χ0) is 13.8. The number of aliphatic hydroxyl groups is 1. The van der Waals surface area contributed by atoms with Gasteiger partial charge in [-0.25, -0.2) is 9.37 Å². The molecule has 0 spiro atoms. The smallest absolute Gasteiger partial charge is 0.314 e. The van der Waals surface area contributed by atoms with Crippen molar-refractivity contribution >= 4 is 5.69 Å². The maximum Gasteiger partial charge on any atom is 0.314 e. The van der Waals surface area contributed by atoms with Gasteiger partial charge in [0.2, 0.25) is 11.6 Å². The zero-order valence-corrected chi connectivity index (χ0v) is 9.62. The lowest BCUT2D eigenvalue weighted by Gasteiger charge is -2.08. The van der Waals surface area contributed by atoms with Crippen molar-refractivity contribution in [2.75, 3.05) is 0 Å². The normalized spacial score (nSPS) is 10.2. The first-order valence-electron chi connectivity index (χ1n) is 5.28. The van der Waals surface area contributed by atoms with Gasteiger partial charge in [-0.05, 0) is 24.3 Å². The molecule has 1 heterocycles. The molecule has 2 rings (SSSR count). The molecule has 0 saturated heterocycles. The predicted octanol–water partition coefficient (Wildman–Crippen LogP) is 2.41. The first-order valence-corrected chi connectivity index (χ1v) is 5.28. The molecule has 6 nitrogen and oxygen atoms in total. The van der Waals surface area contributed by atoms with E-state index in [0.717, 1.165) is 18.2 Å². The molecular weight excluding hydrogens is 255 g/mol. The molecule has 1 N–H and O–H groups in total. The summed E-state index contributed by atoms with van der Waals surface area (Å²) in [6, 6.07) is 6.11. The van der Waals surface area contributed by atoms with Gasteiger partial charge in [0.25, 0.3) is 0 Å². The average molecular weight is 264 g/mol. The Balaban J connectivity index is 2.41. The number of nitro groups is 1. The van der Waals surface area contributed by atoms with E-state index in [-0.39, 0.29) is 18.2 Å². The third-order valence-corrected chi connectivity index (χ3v) is 2.34. The van der Waals surface area contributed by atoms with Gasteiger partial charge in [-0.2, -0.15) is 0 Å². The quantitative estimate of drug-likeness (QED) is 0.677. The van der Waals surface area contributed by atoms with Crippen LogP contribution in [0.25, 0.3) is 0 Å². The second kappa shape index (κ2) is 5.40. The number of ether oxygens (including phenoxy) is 1. The number of benzene rings is 1. The molecule has 0 saturated carbocycles. The molecule has 1 aromatic carbocycles. The summed E-state index contributed by atoms with van der Waals surface area (Å²) in [4.78, 5) is 13.9. The molecule has 1 aromatic heterocycles. The fourth-order valence-electron chi connectivity index (χ4n) is 1.46. The van der Waals surface area contributed by atoms with Crippen LogP contribution in [0.3, 0.4) is 0 Å². The van der Waals surface area contributed by atoms with Crippen LogP contribution in [-0.2, 0) is 6.61 Å². The molecule has 0 aliphatic heterocycles. The molecule has 0 aliphatic carbocycles. The van der Waals surface area contributed by atoms with E-state index in [2.05, 4.69) is 4.98 Å². The summed E-state index contributed by atoms with van der Waals surface area (Å²) in [7, 11) is 0. The number of pyridine rings is 1. The van der Waals surface area contributed by atoms with Gasteiger partial charge in [0.15, 0.2) is 0 Å². The highest BCUT2D eigenvalue weighted by molar-refractivity contribution is 5.48. The topological polar surface area (TPSA) is 85.5 Å². The first-order chi connectivity index (χ1) is 9.11. The molecule has 7 heteroatoms. The van der Waals surface area contributed by atoms with Gasteiger partial charge >= 0.3 is 5.69 Å². The van der Waals surface area contributed by atoms with Crippen LogP contribution >= 0.6 is 0 Å². The highest BCUT2D eigenvalue weighted by Gasteiger charge is 2.18. The fourth-order valence-corrected chi connectivity index (χ4v) is 1.46. The van der Waals surface area contributed by atoms with Gasteiger partial charge < -0.3 is 9.84 Å². The maximum atomic E-state index is 13.0. The Hall–Kier alpha value is -2.54. The number of nitrogens with zero attached hydrogens (tertiary/aromatic N) is 2. The second-order valence-corrected chi connectivity index (χ2v) is 3.60. The van der Waals surface area contributed by atoms with Crippen LogP contribution in [0, 0.1) is 15.9 Å². The van der Waals surface area contributed by atoms with E-state index in [1.54, 1.807) is 12.1 Å². The van der Waals surface area contributed by atoms with Crippen molar-refractivity contribution < 1.29 is 19.2 Å². The summed E-state index contributed by atoms with van der Waals surface area (Å²) in [6.45, 7) is -0.321. The molecule has 2 aromatic rings. The van der Waals surface area contributed by atoms with Crippen LogP contribution in [0.15, 0.2) is 36.5 Å².